The number of nitrogens with one attached hydrogen (secondary N) is 1. The average Bonchev–Trinajstić information content (AvgIpc) is 3.20. The maximum absolute atomic E-state index is 12.8. The fourth-order valence-corrected chi connectivity index (χ4v) is 3.53. The monoisotopic (exact) mass is 374 g/mol. The van der Waals surface area contributed by atoms with E-state index in [0.29, 0.717) is 5.69 Å². The largest absolute Gasteiger partial charge is 0.335 e. The number of aromatic nitrogens is 2. The number of H-pyrrole nitrogens is 1. The van der Waals surface area contributed by atoms with Crippen LogP contribution >= 0.6 is 0 Å². The number of aryl methyl sites for hydroxylation is 2. The smallest absolute Gasteiger partial charge is 0.271 e. The predicted molar refractivity (Wildman–Crippen MR) is 111 cm³/mol. The second-order valence-corrected chi connectivity index (χ2v) is 7.59. The lowest BCUT2D eigenvalue weighted by Gasteiger charge is -2.34. The molecule has 144 valence electrons. The number of carbonyl (C=O) groups excluding carboxylic acids is 1. The zero-order valence-corrected chi connectivity index (χ0v) is 16.5. The number of carbonyl (C=O) groups is 1. The first kappa shape index (κ1) is 18.4. The van der Waals surface area contributed by atoms with Crippen molar-refractivity contribution in [2.45, 2.75) is 20.4 Å². The normalized spacial score (nSPS) is 15.0. The molecule has 1 aromatic heterocycles. The van der Waals surface area contributed by atoms with Gasteiger partial charge >= 0.3 is 0 Å². The van der Waals surface area contributed by atoms with Crippen molar-refractivity contribution < 1.29 is 4.79 Å². The summed E-state index contributed by atoms with van der Waals surface area (Å²) < 4.78 is 0. The summed E-state index contributed by atoms with van der Waals surface area (Å²) in [6.07, 6.45) is 0. The number of rotatable bonds is 4. The van der Waals surface area contributed by atoms with E-state index >= 15 is 0 Å². The van der Waals surface area contributed by atoms with Crippen LogP contribution in [0.5, 0.6) is 0 Å². The second-order valence-electron chi connectivity index (χ2n) is 7.59. The van der Waals surface area contributed by atoms with Gasteiger partial charge in [0, 0.05) is 38.3 Å². The summed E-state index contributed by atoms with van der Waals surface area (Å²) in [6, 6.07) is 18.7. The van der Waals surface area contributed by atoms with Gasteiger partial charge in [-0.25, -0.2) is 0 Å². The fraction of sp³-hybridized carbons (Fsp3) is 0.304. The van der Waals surface area contributed by atoms with Gasteiger partial charge in [-0.2, -0.15) is 5.10 Å². The highest BCUT2D eigenvalue weighted by molar-refractivity contribution is 5.93. The molecule has 2 heterocycles. The topological polar surface area (TPSA) is 52.2 Å². The maximum Gasteiger partial charge on any atom is 0.271 e. The molecule has 3 aromatic rings. The Bertz CT molecular complexity index is 935. The van der Waals surface area contributed by atoms with Crippen molar-refractivity contribution in [1.29, 1.82) is 0 Å². The molecule has 0 radical (unpaired) electrons. The van der Waals surface area contributed by atoms with E-state index in [4.69, 9.17) is 0 Å². The Morgan fingerprint density at radius 1 is 0.929 bits per heavy atom. The van der Waals surface area contributed by atoms with Gasteiger partial charge in [0.15, 0.2) is 0 Å². The molecule has 1 N–H and O–H groups in total. The number of hydrogen-bond donors (Lipinski definition) is 1. The number of amides is 1. The maximum atomic E-state index is 12.8. The SMILES string of the molecule is Cc1ccc(CN2CCN(C(=O)c3cc(-c4ccc(C)cc4)n[nH]3)CC2)cc1. The van der Waals surface area contributed by atoms with Crippen LogP contribution in [0.4, 0.5) is 0 Å². The number of nitrogens with zero attached hydrogens (tertiary/aromatic N) is 3. The van der Waals surface area contributed by atoms with Gasteiger partial charge in [0.1, 0.15) is 5.69 Å². The third kappa shape index (κ3) is 4.15. The van der Waals surface area contributed by atoms with E-state index in [2.05, 4.69) is 65.3 Å². The highest BCUT2D eigenvalue weighted by Gasteiger charge is 2.23. The van der Waals surface area contributed by atoms with Crippen molar-refractivity contribution >= 4 is 5.91 Å². The van der Waals surface area contributed by atoms with Crippen molar-refractivity contribution in [2.24, 2.45) is 0 Å². The van der Waals surface area contributed by atoms with Gasteiger partial charge in [0.25, 0.3) is 5.91 Å². The molecule has 2 aromatic carbocycles. The van der Waals surface area contributed by atoms with Gasteiger partial charge < -0.3 is 4.90 Å². The van der Waals surface area contributed by atoms with E-state index in [1.54, 1.807) is 0 Å². The molecule has 1 aliphatic rings. The van der Waals surface area contributed by atoms with Crippen LogP contribution in [0, 0.1) is 13.8 Å². The molecule has 0 bridgehead atoms. The van der Waals surface area contributed by atoms with E-state index in [0.717, 1.165) is 44.0 Å². The Labute approximate surface area is 166 Å². The highest BCUT2D eigenvalue weighted by Crippen LogP contribution is 2.19. The lowest BCUT2D eigenvalue weighted by Crippen LogP contribution is -2.48. The molecule has 4 rings (SSSR count). The molecule has 1 fully saturated rings. The first-order chi connectivity index (χ1) is 13.6. The lowest BCUT2D eigenvalue weighted by molar-refractivity contribution is 0.0622. The predicted octanol–water partition coefficient (Wildman–Crippen LogP) is 3.65. The molecule has 0 aliphatic carbocycles. The van der Waals surface area contributed by atoms with Gasteiger partial charge in [-0.1, -0.05) is 59.7 Å². The molecule has 1 amide bonds. The van der Waals surface area contributed by atoms with E-state index in [9.17, 15) is 4.79 Å². The van der Waals surface area contributed by atoms with Crippen LogP contribution in [0.2, 0.25) is 0 Å². The van der Waals surface area contributed by atoms with Gasteiger partial charge in [0.05, 0.1) is 5.69 Å². The summed E-state index contributed by atoms with van der Waals surface area (Å²) in [5.74, 6) is 0.0286. The quantitative estimate of drug-likeness (QED) is 0.758. The Kier molecular flexibility index (Phi) is 5.26. The minimum atomic E-state index is 0.0286. The molecule has 0 saturated carbocycles. The summed E-state index contributed by atoms with van der Waals surface area (Å²) in [6.45, 7) is 8.35. The average molecular weight is 374 g/mol. The molecule has 1 aliphatic heterocycles. The fourth-order valence-electron chi connectivity index (χ4n) is 3.53. The first-order valence-corrected chi connectivity index (χ1v) is 9.78. The molecular weight excluding hydrogens is 348 g/mol. The summed E-state index contributed by atoms with van der Waals surface area (Å²) in [5, 5.41) is 7.24. The molecule has 5 nitrogen and oxygen atoms in total. The van der Waals surface area contributed by atoms with Crippen LogP contribution < -0.4 is 0 Å². The van der Waals surface area contributed by atoms with E-state index in [-0.39, 0.29) is 5.91 Å². The molecule has 5 heteroatoms. The van der Waals surface area contributed by atoms with Crippen molar-refractivity contribution in [3.05, 3.63) is 77.0 Å². The zero-order valence-electron chi connectivity index (χ0n) is 16.5. The van der Waals surface area contributed by atoms with Crippen molar-refractivity contribution in [3.63, 3.8) is 0 Å². The molecule has 0 spiro atoms. The summed E-state index contributed by atoms with van der Waals surface area (Å²) in [5.41, 5.74) is 6.19. The molecule has 28 heavy (non-hydrogen) atoms. The minimum absolute atomic E-state index is 0.0286. The molecule has 0 unspecified atom stereocenters. The zero-order chi connectivity index (χ0) is 19.5. The standard InChI is InChI=1S/C23H26N4O/c1-17-3-7-19(8-4-17)16-26-11-13-27(14-12-26)23(28)22-15-21(24-25-22)20-9-5-18(2)6-10-20/h3-10,15H,11-14,16H2,1-2H3,(H,24,25). The summed E-state index contributed by atoms with van der Waals surface area (Å²) >= 11 is 0. The van der Waals surface area contributed by atoms with Crippen molar-refractivity contribution in [3.8, 4) is 11.3 Å². The molecule has 1 saturated heterocycles. The van der Waals surface area contributed by atoms with Crippen LogP contribution in [0.1, 0.15) is 27.2 Å². The van der Waals surface area contributed by atoms with Crippen LogP contribution in [-0.4, -0.2) is 52.1 Å². The number of aromatic amines is 1. The van der Waals surface area contributed by atoms with Gasteiger partial charge in [0.2, 0.25) is 0 Å². The van der Waals surface area contributed by atoms with E-state index in [1.807, 2.05) is 23.1 Å². The number of benzene rings is 2. The Morgan fingerprint density at radius 3 is 2.18 bits per heavy atom. The number of hydrogen-bond acceptors (Lipinski definition) is 3. The Balaban J connectivity index is 1.35. The number of piperazine rings is 1. The second kappa shape index (κ2) is 7.98. The van der Waals surface area contributed by atoms with Crippen LogP contribution in [0.15, 0.2) is 54.6 Å². The first-order valence-electron chi connectivity index (χ1n) is 9.78. The minimum Gasteiger partial charge on any atom is -0.335 e. The summed E-state index contributed by atoms with van der Waals surface area (Å²) in [4.78, 5) is 17.2. The van der Waals surface area contributed by atoms with Crippen LogP contribution in [0.25, 0.3) is 11.3 Å². The van der Waals surface area contributed by atoms with Gasteiger partial charge in [-0.15, -0.1) is 0 Å². The van der Waals surface area contributed by atoms with Gasteiger partial charge in [-0.3, -0.25) is 14.8 Å². The van der Waals surface area contributed by atoms with Crippen molar-refractivity contribution in [2.75, 3.05) is 26.2 Å². The van der Waals surface area contributed by atoms with Crippen LogP contribution in [0.3, 0.4) is 0 Å². The highest BCUT2D eigenvalue weighted by atomic mass is 16.2. The van der Waals surface area contributed by atoms with E-state index < -0.39 is 0 Å². The van der Waals surface area contributed by atoms with Crippen LogP contribution in [-0.2, 0) is 6.54 Å². The summed E-state index contributed by atoms with van der Waals surface area (Å²) in [7, 11) is 0. The molecule has 0 atom stereocenters. The van der Waals surface area contributed by atoms with E-state index in [1.165, 1.54) is 16.7 Å². The third-order valence-corrected chi connectivity index (χ3v) is 5.34. The van der Waals surface area contributed by atoms with Gasteiger partial charge in [-0.05, 0) is 25.5 Å². The van der Waals surface area contributed by atoms with Crippen molar-refractivity contribution in [1.82, 2.24) is 20.0 Å². The lowest BCUT2D eigenvalue weighted by atomic mass is 10.1. The Hall–Kier alpha value is -2.92. The Morgan fingerprint density at radius 2 is 1.54 bits per heavy atom. The molecular formula is C23H26N4O. The third-order valence-electron chi connectivity index (χ3n) is 5.34.